The first-order chi connectivity index (χ1) is 7.71. The lowest BCUT2D eigenvalue weighted by Crippen LogP contribution is -2.46. The molecule has 0 saturated carbocycles. The monoisotopic (exact) mass is 219 g/mol. The fourth-order valence-corrected chi connectivity index (χ4v) is 2.49. The lowest BCUT2D eigenvalue weighted by atomic mass is 9.86. The Morgan fingerprint density at radius 2 is 1.94 bits per heavy atom. The molecule has 2 rings (SSSR count). The van der Waals surface area contributed by atoms with Crippen molar-refractivity contribution in [2.75, 3.05) is 6.54 Å². The quantitative estimate of drug-likeness (QED) is 0.800. The van der Waals surface area contributed by atoms with Gasteiger partial charge in [-0.25, -0.2) is 0 Å². The minimum Gasteiger partial charge on any atom is -0.384 e. The second kappa shape index (κ2) is 4.98. The third kappa shape index (κ3) is 2.45. The maximum absolute atomic E-state index is 10.7. The van der Waals surface area contributed by atoms with E-state index < -0.39 is 5.60 Å². The summed E-state index contributed by atoms with van der Waals surface area (Å²) in [6, 6.07) is 10.2. The van der Waals surface area contributed by atoms with Gasteiger partial charge in [0.05, 0.1) is 0 Å². The molecule has 1 aromatic rings. The first-order valence-corrected chi connectivity index (χ1v) is 6.22. The van der Waals surface area contributed by atoms with Crippen LogP contribution in [-0.2, 0) is 5.60 Å². The van der Waals surface area contributed by atoms with Crippen LogP contribution in [-0.4, -0.2) is 17.7 Å². The van der Waals surface area contributed by atoms with E-state index in [9.17, 15) is 5.11 Å². The molecule has 0 radical (unpaired) electrons. The summed E-state index contributed by atoms with van der Waals surface area (Å²) in [5.41, 5.74) is 0.250. The molecule has 1 aromatic carbocycles. The molecule has 1 heterocycles. The highest BCUT2D eigenvalue weighted by atomic mass is 16.3. The Morgan fingerprint density at radius 1 is 1.19 bits per heavy atom. The molecule has 1 aliphatic heterocycles. The lowest BCUT2D eigenvalue weighted by Gasteiger charge is -2.33. The summed E-state index contributed by atoms with van der Waals surface area (Å²) < 4.78 is 0. The van der Waals surface area contributed by atoms with Crippen molar-refractivity contribution in [2.45, 2.75) is 44.2 Å². The van der Waals surface area contributed by atoms with Crippen molar-refractivity contribution < 1.29 is 5.11 Å². The van der Waals surface area contributed by atoms with Gasteiger partial charge in [0.25, 0.3) is 0 Å². The fourth-order valence-electron chi connectivity index (χ4n) is 2.49. The molecule has 0 aromatic heterocycles. The molecule has 2 nitrogen and oxygen atoms in total. The zero-order valence-corrected chi connectivity index (χ0v) is 9.95. The SMILES string of the molecule is CC(O)(c1ccccc1)C1CCCCCN1. The van der Waals surface area contributed by atoms with Gasteiger partial charge in [0, 0.05) is 6.04 Å². The van der Waals surface area contributed by atoms with Crippen LogP contribution in [0.3, 0.4) is 0 Å². The van der Waals surface area contributed by atoms with Gasteiger partial charge >= 0.3 is 0 Å². The standard InChI is InChI=1S/C14H21NO/c1-14(16,12-8-4-2-5-9-12)13-10-6-3-7-11-15-13/h2,4-5,8-9,13,15-16H,3,6-7,10-11H2,1H3. The van der Waals surface area contributed by atoms with Crippen LogP contribution < -0.4 is 5.32 Å². The van der Waals surface area contributed by atoms with E-state index in [1.54, 1.807) is 0 Å². The Bertz CT molecular complexity index is 313. The number of benzene rings is 1. The maximum atomic E-state index is 10.7. The van der Waals surface area contributed by atoms with Crippen LogP contribution in [0.5, 0.6) is 0 Å². The Morgan fingerprint density at radius 3 is 2.69 bits per heavy atom. The first kappa shape index (κ1) is 11.6. The van der Waals surface area contributed by atoms with Gasteiger partial charge in [0.2, 0.25) is 0 Å². The molecule has 2 heteroatoms. The minimum absolute atomic E-state index is 0.178. The van der Waals surface area contributed by atoms with E-state index in [1.165, 1.54) is 19.3 Å². The van der Waals surface area contributed by atoms with Gasteiger partial charge < -0.3 is 10.4 Å². The molecule has 2 atom stereocenters. The third-order valence-corrected chi connectivity index (χ3v) is 3.60. The Hall–Kier alpha value is -0.860. The third-order valence-electron chi connectivity index (χ3n) is 3.60. The van der Waals surface area contributed by atoms with E-state index in [1.807, 2.05) is 37.3 Å². The highest BCUT2D eigenvalue weighted by Gasteiger charge is 2.33. The summed E-state index contributed by atoms with van der Waals surface area (Å²) in [5.74, 6) is 0. The van der Waals surface area contributed by atoms with E-state index in [0.29, 0.717) is 0 Å². The Kier molecular flexibility index (Phi) is 3.62. The van der Waals surface area contributed by atoms with Crippen molar-refractivity contribution in [3.63, 3.8) is 0 Å². The van der Waals surface area contributed by atoms with Crippen LogP contribution in [0.25, 0.3) is 0 Å². The average molecular weight is 219 g/mol. The smallest absolute Gasteiger partial charge is 0.102 e. The summed E-state index contributed by atoms with van der Waals surface area (Å²) in [7, 11) is 0. The number of nitrogens with one attached hydrogen (secondary N) is 1. The topological polar surface area (TPSA) is 32.3 Å². The van der Waals surface area contributed by atoms with Crippen molar-refractivity contribution in [3.05, 3.63) is 35.9 Å². The largest absolute Gasteiger partial charge is 0.384 e. The zero-order valence-electron chi connectivity index (χ0n) is 9.95. The van der Waals surface area contributed by atoms with E-state index >= 15 is 0 Å². The van der Waals surface area contributed by atoms with Gasteiger partial charge in [-0.15, -0.1) is 0 Å². The maximum Gasteiger partial charge on any atom is 0.102 e. The fraction of sp³-hybridized carbons (Fsp3) is 0.571. The normalized spacial score (nSPS) is 25.8. The average Bonchev–Trinajstić information content (AvgIpc) is 2.59. The van der Waals surface area contributed by atoms with Gasteiger partial charge in [-0.1, -0.05) is 43.2 Å². The highest BCUT2D eigenvalue weighted by Crippen LogP contribution is 2.28. The summed E-state index contributed by atoms with van der Waals surface area (Å²) in [6.07, 6.45) is 4.76. The second-order valence-corrected chi connectivity index (χ2v) is 4.87. The molecule has 1 fully saturated rings. The van der Waals surface area contributed by atoms with Crippen molar-refractivity contribution in [3.8, 4) is 0 Å². The molecule has 0 bridgehead atoms. The van der Waals surface area contributed by atoms with Crippen LogP contribution >= 0.6 is 0 Å². The van der Waals surface area contributed by atoms with Gasteiger partial charge in [-0.05, 0) is 31.9 Å². The van der Waals surface area contributed by atoms with Crippen molar-refractivity contribution in [2.24, 2.45) is 0 Å². The van der Waals surface area contributed by atoms with Crippen molar-refractivity contribution in [1.29, 1.82) is 0 Å². The van der Waals surface area contributed by atoms with Gasteiger partial charge in [-0.3, -0.25) is 0 Å². The molecular formula is C14H21NO. The molecule has 2 unspecified atom stereocenters. The molecule has 1 aliphatic rings. The number of rotatable bonds is 2. The summed E-state index contributed by atoms with van der Waals surface area (Å²) in [5, 5.41) is 14.1. The van der Waals surface area contributed by atoms with Crippen molar-refractivity contribution in [1.82, 2.24) is 5.32 Å². The molecule has 88 valence electrons. The molecule has 0 amide bonds. The number of hydrogen-bond acceptors (Lipinski definition) is 2. The van der Waals surface area contributed by atoms with Crippen LogP contribution in [0.1, 0.15) is 38.2 Å². The van der Waals surface area contributed by atoms with Crippen LogP contribution in [0, 0.1) is 0 Å². The summed E-state index contributed by atoms with van der Waals surface area (Å²) >= 11 is 0. The van der Waals surface area contributed by atoms with E-state index in [4.69, 9.17) is 0 Å². The first-order valence-electron chi connectivity index (χ1n) is 6.22. The minimum atomic E-state index is -0.758. The molecule has 0 spiro atoms. The lowest BCUT2D eigenvalue weighted by molar-refractivity contribution is 0.0136. The predicted molar refractivity (Wildman–Crippen MR) is 66.3 cm³/mol. The molecule has 2 N–H and O–H groups in total. The van der Waals surface area contributed by atoms with Crippen LogP contribution in [0.4, 0.5) is 0 Å². The van der Waals surface area contributed by atoms with Gasteiger partial charge in [-0.2, -0.15) is 0 Å². The van der Waals surface area contributed by atoms with E-state index in [0.717, 1.165) is 18.5 Å². The molecule has 16 heavy (non-hydrogen) atoms. The zero-order chi connectivity index (χ0) is 11.4. The Balaban J connectivity index is 2.16. The second-order valence-electron chi connectivity index (χ2n) is 4.87. The number of aliphatic hydroxyl groups is 1. The summed E-state index contributed by atoms with van der Waals surface area (Å²) in [6.45, 7) is 2.94. The van der Waals surface area contributed by atoms with Crippen molar-refractivity contribution >= 4 is 0 Å². The van der Waals surface area contributed by atoms with E-state index in [-0.39, 0.29) is 6.04 Å². The highest BCUT2D eigenvalue weighted by molar-refractivity contribution is 5.23. The Labute approximate surface area is 97.7 Å². The molecule has 0 aliphatic carbocycles. The van der Waals surface area contributed by atoms with Gasteiger partial charge in [0.1, 0.15) is 5.60 Å². The number of hydrogen-bond donors (Lipinski definition) is 2. The predicted octanol–water partition coefficient (Wildman–Crippen LogP) is 2.43. The van der Waals surface area contributed by atoms with Gasteiger partial charge in [0.15, 0.2) is 0 Å². The van der Waals surface area contributed by atoms with Crippen LogP contribution in [0.15, 0.2) is 30.3 Å². The molecule has 1 saturated heterocycles. The molecular weight excluding hydrogens is 198 g/mol. The summed E-state index contributed by atoms with van der Waals surface area (Å²) in [4.78, 5) is 0. The van der Waals surface area contributed by atoms with E-state index in [2.05, 4.69) is 5.32 Å². The van der Waals surface area contributed by atoms with Crippen LogP contribution in [0.2, 0.25) is 0 Å².